The molecule has 1 aromatic rings. The van der Waals surface area contributed by atoms with Crippen molar-refractivity contribution in [3.8, 4) is 0 Å². The van der Waals surface area contributed by atoms with Crippen LogP contribution >= 0.6 is 11.3 Å². The number of rotatable bonds is 2. The molecule has 0 spiro atoms. The fourth-order valence-electron chi connectivity index (χ4n) is 1.41. The van der Waals surface area contributed by atoms with Crippen molar-refractivity contribution in [3.63, 3.8) is 0 Å². The lowest BCUT2D eigenvalue weighted by Crippen LogP contribution is -2.44. The van der Waals surface area contributed by atoms with Crippen molar-refractivity contribution in [2.75, 3.05) is 11.9 Å². The topological polar surface area (TPSA) is 66.9 Å². The molecule has 0 bridgehead atoms. The van der Waals surface area contributed by atoms with Crippen LogP contribution in [0.15, 0.2) is 0 Å². The normalized spacial score (nSPS) is 21.8. The van der Waals surface area contributed by atoms with E-state index in [1.54, 1.807) is 0 Å². The minimum atomic E-state index is -0.143. The fraction of sp³-hybridized carbons (Fsp3) is 0.625. The third-order valence-corrected chi connectivity index (χ3v) is 2.88. The first-order chi connectivity index (χ1) is 6.75. The van der Waals surface area contributed by atoms with E-state index in [9.17, 15) is 4.79 Å². The van der Waals surface area contributed by atoms with Crippen LogP contribution in [-0.4, -0.2) is 28.7 Å². The van der Waals surface area contributed by atoms with Crippen molar-refractivity contribution < 1.29 is 4.79 Å². The average molecular weight is 212 g/mol. The van der Waals surface area contributed by atoms with Crippen LogP contribution in [0.4, 0.5) is 5.13 Å². The van der Waals surface area contributed by atoms with Gasteiger partial charge in [-0.3, -0.25) is 4.79 Å². The number of piperidine rings is 1. The van der Waals surface area contributed by atoms with E-state index in [-0.39, 0.29) is 11.9 Å². The molecule has 1 aromatic heterocycles. The van der Waals surface area contributed by atoms with Gasteiger partial charge in [0.2, 0.25) is 11.0 Å². The van der Waals surface area contributed by atoms with Crippen molar-refractivity contribution in [3.05, 3.63) is 5.01 Å². The van der Waals surface area contributed by atoms with Crippen LogP contribution in [-0.2, 0) is 4.79 Å². The minimum absolute atomic E-state index is 0.0594. The number of nitrogens with one attached hydrogen (secondary N) is 2. The Morgan fingerprint density at radius 2 is 2.43 bits per heavy atom. The van der Waals surface area contributed by atoms with Gasteiger partial charge in [-0.2, -0.15) is 0 Å². The molecule has 1 aliphatic heterocycles. The number of nitrogens with zero attached hydrogens (tertiary/aromatic N) is 2. The molecule has 2 N–H and O–H groups in total. The quantitative estimate of drug-likeness (QED) is 0.750. The number of carbonyl (C=O) groups is 1. The summed E-state index contributed by atoms with van der Waals surface area (Å²) in [5.74, 6) is 0.0594. The number of anilines is 1. The number of aryl methyl sites for hydroxylation is 1. The molecule has 1 saturated heterocycles. The fourth-order valence-corrected chi connectivity index (χ4v) is 2.06. The van der Waals surface area contributed by atoms with Crippen molar-refractivity contribution in [2.45, 2.75) is 25.8 Å². The van der Waals surface area contributed by atoms with Gasteiger partial charge in [-0.1, -0.05) is 11.3 Å². The standard InChI is InChI=1S/C8H12N4OS/c1-5-11-12-8(14-5)10-6-3-2-4-9-7(6)13/h6H,2-4H2,1H3,(H,9,13)(H,10,12). The van der Waals surface area contributed by atoms with Crippen LogP contribution in [0, 0.1) is 6.92 Å². The smallest absolute Gasteiger partial charge is 0.242 e. The lowest BCUT2D eigenvalue weighted by atomic mass is 10.1. The maximum Gasteiger partial charge on any atom is 0.242 e. The summed E-state index contributed by atoms with van der Waals surface area (Å²) in [4.78, 5) is 11.4. The van der Waals surface area contributed by atoms with Gasteiger partial charge < -0.3 is 10.6 Å². The van der Waals surface area contributed by atoms with E-state index in [4.69, 9.17) is 0 Å². The Bertz CT molecular complexity index is 338. The molecule has 0 aliphatic carbocycles. The summed E-state index contributed by atoms with van der Waals surface area (Å²) in [6.45, 7) is 2.68. The van der Waals surface area contributed by atoms with Gasteiger partial charge in [0.1, 0.15) is 11.0 Å². The maximum atomic E-state index is 11.4. The molecule has 1 atom stereocenters. The molecule has 1 aliphatic rings. The molecule has 1 fully saturated rings. The summed E-state index contributed by atoms with van der Waals surface area (Å²) in [6, 6.07) is -0.143. The number of amides is 1. The Balaban J connectivity index is 1.99. The Hall–Kier alpha value is -1.17. The highest BCUT2D eigenvalue weighted by Crippen LogP contribution is 2.17. The molecule has 1 amide bonds. The second-order valence-electron chi connectivity index (χ2n) is 3.26. The molecule has 76 valence electrons. The number of hydrogen-bond donors (Lipinski definition) is 2. The van der Waals surface area contributed by atoms with Gasteiger partial charge in [0.05, 0.1) is 0 Å². The highest BCUT2D eigenvalue weighted by Gasteiger charge is 2.22. The van der Waals surface area contributed by atoms with Crippen molar-refractivity contribution in [2.24, 2.45) is 0 Å². The number of aromatic nitrogens is 2. The zero-order chi connectivity index (χ0) is 9.97. The highest BCUT2D eigenvalue weighted by molar-refractivity contribution is 7.15. The predicted octanol–water partition coefficient (Wildman–Crippen LogP) is 0.537. The Morgan fingerprint density at radius 1 is 1.57 bits per heavy atom. The number of hydrogen-bond acceptors (Lipinski definition) is 5. The second kappa shape index (κ2) is 3.91. The first kappa shape index (κ1) is 9.39. The van der Waals surface area contributed by atoms with Crippen molar-refractivity contribution in [1.82, 2.24) is 15.5 Å². The first-order valence-electron chi connectivity index (χ1n) is 4.60. The summed E-state index contributed by atoms with van der Waals surface area (Å²) in [6.07, 6.45) is 1.88. The monoisotopic (exact) mass is 212 g/mol. The van der Waals surface area contributed by atoms with Crippen molar-refractivity contribution in [1.29, 1.82) is 0 Å². The second-order valence-corrected chi connectivity index (χ2v) is 4.44. The van der Waals surface area contributed by atoms with Gasteiger partial charge in [-0.15, -0.1) is 10.2 Å². The molecule has 6 heteroatoms. The van der Waals surface area contributed by atoms with E-state index in [2.05, 4.69) is 20.8 Å². The van der Waals surface area contributed by atoms with Crippen LogP contribution in [0.25, 0.3) is 0 Å². The predicted molar refractivity (Wildman–Crippen MR) is 54.3 cm³/mol. The molecule has 5 nitrogen and oxygen atoms in total. The van der Waals surface area contributed by atoms with Crippen LogP contribution in [0.1, 0.15) is 17.8 Å². The van der Waals surface area contributed by atoms with Gasteiger partial charge in [0.15, 0.2) is 0 Å². The summed E-state index contributed by atoms with van der Waals surface area (Å²) in [5, 5.41) is 15.3. The summed E-state index contributed by atoms with van der Waals surface area (Å²) < 4.78 is 0. The van der Waals surface area contributed by atoms with E-state index >= 15 is 0 Å². The largest absolute Gasteiger partial charge is 0.354 e. The lowest BCUT2D eigenvalue weighted by Gasteiger charge is -2.21. The summed E-state index contributed by atoms with van der Waals surface area (Å²) in [7, 11) is 0. The van der Waals surface area contributed by atoms with E-state index in [0.717, 1.165) is 29.5 Å². The van der Waals surface area contributed by atoms with E-state index in [1.165, 1.54) is 11.3 Å². The Kier molecular flexibility index (Phi) is 2.62. The SMILES string of the molecule is Cc1nnc(NC2CCCNC2=O)s1. The zero-order valence-electron chi connectivity index (χ0n) is 7.91. The van der Waals surface area contributed by atoms with Crippen LogP contribution in [0.3, 0.4) is 0 Å². The highest BCUT2D eigenvalue weighted by atomic mass is 32.1. The molecular formula is C8H12N4OS. The molecule has 0 radical (unpaired) electrons. The molecule has 14 heavy (non-hydrogen) atoms. The number of carbonyl (C=O) groups excluding carboxylic acids is 1. The van der Waals surface area contributed by atoms with Gasteiger partial charge in [-0.05, 0) is 19.8 Å². The van der Waals surface area contributed by atoms with Crippen LogP contribution in [0.2, 0.25) is 0 Å². The van der Waals surface area contributed by atoms with E-state index < -0.39 is 0 Å². The third-order valence-electron chi connectivity index (χ3n) is 2.11. The molecular weight excluding hydrogens is 200 g/mol. The summed E-state index contributed by atoms with van der Waals surface area (Å²) >= 11 is 1.47. The Morgan fingerprint density at radius 3 is 3.07 bits per heavy atom. The zero-order valence-corrected chi connectivity index (χ0v) is 8.73. The van der Waals surface area contributed by atoms with Crippen LogP contribution in [0.5, 0.6) is 0 Å². The van der Waals surface area contributed by atoms with Gasteiger partial charge >= 0.3 is 0 Å². The Labute approximate surface area is 85.9 Å². The van der Waals surface area contributed by atoms with E-state index in [1.807, 2.05) is 6.92 Å². The molecule has 2 heterocycles. The van der Waals surface area contributed by atoms with Gasteiger partial charge in [0, 0.05) is 6.54 Å². The third kappa shape index (κ3) is 2.01. The first-order valence-corrected chi connectivity index (χ1v) is 5.42. The summed E-state index contributed by atoms with van der Waals surface area (Å²) in [5.41, 5.74) is 0. The van der Waals surface area contributed by atoms with Crippen LogP contribution < -0.4 is 10.6 Å². The molecule has 2 rings (SSSR count). The van der Waals surface area contributed by atoms with Gasteiger partial charge in [-0.25, -0.2) is 0 Å². The molecule has 0 aromatic carbocycles. The van der Waals surface area contributed by atoms with Gasteiger partial charge in [0.25, 0.3) is 0 Å². The minimum Gasteiger partial charge on any atom is -0.354 e. The van der Waals surface area contributed by atoms with Crippen molar-refractivity contribution >= 4 is 22.4 Å². The van der Waals surface area contributed by atoms with E-state index in [0.29, 0.717) is 0 Å². The lowest BCUT2D eigenvalue weighted by molar-refractivity contribution is -0.123. The molecule has 0 saturated carbocycles. The molecule has 1 unspecified atom stereocenters. The average Bonchev–Trinajstić information content (AvgIpc) is 2.56. The maximum absolute atomic E-state index is 11.4.